The zero-order valence-corrected chi connectivity index (χ0v) is 15.4. The normalized spacial score (nSPS) is 15.8. The van der Waals surface area contributed by atoms with Gasteiger partial charge in [-0.25, -0.2) is 0 Å². The van der Waals surface area contributed by atoms with E-state index in [0.717, 1.165) is 18.7 Å². The number of alkyl halides is 3. The highest BCUT2D eigenvalue weighted by Gasteiger charge is 2.33. The summed E-state index contributed by atoms with van der Waals surface area (Å²) in [4.78, 5) is 4.23. The molecule has 1 fully saturated rings. The molecule has 27 heavy (non-hydrogen) atoms. The summed E-state index contributed by atoms with van der Waals surface area (Å²) < 4.78 is 44.5. The number of anilines is 1. The molecule has 0 amide bonds. The lowest BCUT2D eigenvalue weighted by Crippen LogP contribution is -2.46. The number of piperazine rings is 1. The first kappa shape index (κ1) is 19.4. The second kappa shape index (κ2) is 7.68. The number of aromatic hydroxyl groups is 1. The third-order valence-electron chi connectivity index (χ3n) is 4.91. The zero-order valence-electron chi connectivity index (χ0n) is 15.4. The molecule has 1 N–H and O–H groups in total. The Balaban J connectivity index is 1.64. The van der Waals surface area contributed by atoms with Gasteiger partial charge in [-0.05, 0) is 42.3 Å². The largest absolute Gasteiger partial charge is 0.504 e. The number of rotatable bonds is 4. The second-order valence-electron chi connectivity index (χ2n) is 6.77. The highest BCUT2D eigenvalue weighted by Crippen LogP contribution is 2.34. The van der Waals surface area contributed by atoms with Crippen LogP contribution in [0.4, 0.5) is 18.9 Å². The summed E-state index contributed by atoms with van der Waals surface area (Å²) in [6.45, 7) is 5.00. The maximum absolute atomic E-state index is 13.1. The van der Waals surface area contributed by atoms with E-state index in [0.29, 0.717) is 31.1 Å². The van der Waals surface area contributed by atoms with E-state index in [4.69, 9.17) is 4.74 Å². The highest BCUT2D eigenvalue weighted by atomic mass is 19.4. The van der Waals surface area contributed by atoms with Gasteiger partial charge in [0.05, 0.1) is 12.7 Å². The van der Waals surface area contributed by atoms with Crippen LogP contribution in [-0.4, -0.2) is 43.3 Å². The third-order valence-corrected chi connectivity index (χ3v) is 4.91. The molecule has 7 heteroatoms. The first-order valence-electron chi connectivity index (χ1n) is 8.79. The average Bonchev–Trinajstić information content (AvgIpc) is 2.63. The quantitative estimate of drug-likeness (QED) is 0.868. The molecular formula is C20H23F3N2O2. The van der Waals surface area contributed by atoms with Gasteiger partial charge < -0.3 is 14.7 Å². The van der Waals surface area contributed by atoms with Crippen LogP contribution in [0.1, 0.15) is 16.7 Å². The number of aryl methyl sites for hydroxylation is 1. The Morgan fingerprint density at radius 2 is 1.74 bits per heavy atom. The molecule has 0 atom stereocenters. The van der Waals surface area contributed by atoms with Gasteiger partial charge in [0.1, 0.15) is 0 Å². The van der Waals surface area contributed by atoms with Crippen molar-refractivity contribution in [1.82, 2.24) is 4.90 Å². The highest BCUT2D eigenvalue weighted by molar-refractivity contribution is 5.52. The smallest absolute Gasteiger partial charge is 0.416 e. The maximum Gasteiger partial charge on any atom is 0.416 e. The van der Waals surface area contributed by atoms with Crippen LogP contribution in [0, 0.1) is 6.92 Å². The molecule has 2 aromatic rings. The monoisotopic (exact) mass is 380 g/mol. The van der Waals surface area contributed by atoms with Gasteiger partial charge in [0.15, 0.2) is 11.5 Å². The fraction of sp³-hybridized carbons (Fsp3) is 0.400. The Kier molecular flexibility index (Phi) is 5.51. The van der Waals surface area contributed by atoms with Gasteiger partial charge in [-0.1, -0.05) is 12.1 Å². The Morgan fingerprint density at radius 1 is 1.04 bits per heavy atom. The molecule has 2 aromatic carbocycles. The van der Waals surface area contributed by atoms with Crippen LogP contribution in [0.25, 0.3) is 0 Å². The molecule has 4 nitrogen and oxygen atoms in total. The molecule has 1 saturated heterocycles. The zero-order chi connectivity index (χ0) is 19.6. The predicted octanol–water partition coefficient (Wildman–Crippen LogP) is 4.05. The standard InChI is InChI=1S/C20H23F3N2O2/c1-14-3-5-16(12-17(14)20(21,22)23)25-9-7-24(8-10-25)13-15-4-6-18(26)19(11-15)27-2/h3-6,11-12,26H,7-10,13H2,1-2H3. The van der Waals surface area contributed by atoms with Crippen molar-refractivity contribution in [1.29, 1.82) is 0 Å². The minimum Gasteiger partial charge on any atom is -0.504 e. The molecule has 0 saturated carbocycles. The molecule has 0 aromatic heterocycles. The van der Waals surface area contributed by atoms with E-state index in [9.17, 15) is 18.3 Å². The topological polar surface area (TPSA) is 35.9 Å². The summed E-state index contributed by atoms with van der Waals surface area (Å²) >= 11 is 0. The number of benzene rings is 2. The lowest BCUT2D eigenvalue weighted by Gasteiger charge is -2.36. The van der Waals surface area contributed by atoms with E-state index in [1.54, 1.807) is 18.2 Å². The van der Waals surface area contributed by atoms with Gasteiger partial charge in [0.25, 0.3) is 0 Å². The Hall–Kier alpha value is -2.41. The minimum absolute atomic E-state index is 0.103. The van der Waals surface area contributed by atoms with Crippen LogP contribution in [0.5, 0.6) is 11.5 Å². The molecule has 146 valence electrons. The number of hydrogen-bond acceptors (Lipinski definition) is 4. The average molecular weight is 380 g/mol. The molecule has 1 aliphatic heterocycles. The number of ether oxygens (including phenoxy) is 1. The Bertz CT molecular complexity index is 800. The molecule has 1 aliphatic rings. The van der Waals surface area contributed by atoms with Crippen molar-refractivity contribution in [2.75, 3.05) is 38.2 Å². The summed E-state index contributed by atoms with van der Waals surface area (Å²) in [6, 6.07) is 9.79. The Labute approximate surface area is 156 Å². The number of methoxy groups -OCH3 is 1. The first-order valence-corrected chi connectivity index (χ1v) is 8.79. The predicted molar refractivity (Wildman–Crippen MR) is 98.3 cm³/mol. The number of hydrogen-bond donors (Lipinski definition) is 1. The van der Waals surface area contributed by atoms with E-state index < -0.39 is 11.7 Å². The van der Waals surface area contributed by atoms with Crippen molar-refractivity contribution in [2.45, 2.75) is 19.6 Å². The number of phenolic OH excluding ortho intramolecular Hbond substituents is 1. The van der Waals surface area contributed by atoms with Gasteiger partial charge in [0.2, 0.25) is 0 Å². The lowest BCUT2D eigenvalue weighted by atomic mass is 10.1. The van der Waals surface area contributed by atoms with Crippen LogP contribution < -0.4 is 9.64 Å². The molecular weight excluding hydrogens is 357 g/mol. The summed E-state index contributed by atoms with van der Waals surface area (Å²) in [5.41, 5.74) is 1.30. The first-order chi connectivity index (χ1) is 12.8. The van der Waals surface area contributed by atoms with Crippen LogP contribution in [0.3, 0.4) is 0 Å². The molecule has 0 radical (unpaired) electrons. The minimum atomic E-state index is -4.33. The summed E-state index contributed by atoms with van der Waals surface area (Å²) in [5.74, 6) is 0.538. The van der Waals surface area contributed by atoms with E-state index in [1.165, 1.54) is 26.2 Å². The maximum atomic E-state index is 13.1. The van der Waals surface area contributed by atoms with Crippen molar-refractivity contribution >= 4 is 5.69 Å². The third kappa shape index (κ3) is 4.47. The van der Waals surface area contributed by atoms with Crippen LogP contribution in [0.2, 0.25) is 0 Å². The van der Waals surface area contributed by atoms with E-state index in [-0.39, 0.29) is 11.3 Å². The summed E-state index contributed by atoms with van der Waals surface area (Å²) in [5, 5.41) is 9.68. The van der Waals surface area contributed by atoms with E-state index in [1.807, 2.05) is 11.0 Å². The molecule has 0 spiro atoms. The number of nitrogens with zero attached hydrogens (tertiary/aromatic N) is 2. The SMILES string of the molecule is COc1cc(CN2CCN(c3ccc(C)c(C(F)(F)F)c3)CC2)ccc1O. The fourth-order valence-electron chi connectivity index (χ4n) is 3.35. The molecule has 3 rings (SSSR count). The van der Waals surface area contributed by atoms with Crippen molar-refractivity contribution in [2.24, 2.45) is 0 Å². The van der Waals surface area contributed by atoms with Crippen molar-refractivity contribution in [3.8, 4) is 11.5 Å². The second-order valence-corrected chi connectivity index (χ2v) is 6.77. The van der Waals surface area contributed by atoms with Crippen molar-refractivity contribution < 1.29 is 23.0 Å². The number of halogens is 3. The van der Waals surface area contributed by atoms with Crippen molar-refractivity contribution in [3.05, 3.63) is 53.1 Å². The van der Waals surface area contributed by atoms with Crippen LogP contribution in [-0.2, 0) is 12.7 Å². The van der Waals surface area contributed by atoms with Gasteiger partial charge in [-0.2, -0.15) is 13.2 Å². The summed E-state index contributed by atoms with van der Waals surface area (Å²) in [6.07, 6.45) is -4.33. The van der Waals surface area contributed by atoms with E-state index in [2.05, 4.69) is 4.90 Å². The molecule has 0 bridgehead atoms. The van der Waals surface area contributed by atoms with Crippen LogP contribution >= 0.6 is 0 Å². The van der Waals surface area contributed by atoms with Gasteiger partial charge in [0, 0.05) is 38.4 Å². The molecule has 0 unspecified atom stereocenters. The van der Waals surface area contributed by atoms with Gasteiger partial charge in [-0.15, -0.1) is 0 Å². The fourth-order valence-corrected chi connectivity index (χ4v) is 3.35. The molecule has 0 aliphatic carbocycles. The molecule has 1 heterocycles. The lowest BCUT2D eigenvalue weighted by molar-refractivity contribution is -0.138. The summed E-state index contributed by atoms with van der Waals surface area (Å²) in [7, 11) is 1.51. The number of phenols is 1. The van der Waals surface area contributed by atoms with Gasteiger partial charge >= 0.3 is 6.18 Å². The van der Waals surface area contributed by atoms with E-state index >= 15 is 0 Å². The van der Waals surface area contributed by atoms with Crippen molar-refractivity contribution in [3.63, 3.8) is 0 Å². The van der Waals surface area contributed by atoms with Gasteiger partial charge in [-0.3, -0.25) is 4.90 Å². The Morgan fingerprint density at radius 3 is 2.37 bits per heavy atom. The van der Waals surface area contributed by atoms with Crippen LogP contribution in [0.15, 0.2) is 36.4 Å².